The minimum Gasteiger partial charge on any atom is -0.458 e. The Morgan fingerprint density at radius 2 is 1.70 bits per heavy atom. The molecular weight excluding hydrogens is 690 g/mol. The predicted octanol–water partition coefficient (Wildman–Crippen LogP) is 4.19. The first kappa shape index (κ1) is 41.3. The summed E-state index contributed by atoms with van der Waals surface area (Å²) in [5.41, 5.74) is 2.18. The molecule has 0 radical (unpaired) electrons. The Kier molecular flexibility index (Phi) is 12.9. The molecule has 12 nitrogen and oxygen atoms in total. The van der Waals surface area contributed by atoms with Gasteiger partial charge in [0.15, 0.2) is 6.10 Å². The van der Waals surface area contributed by atoms with E-state index >= 15 is 0 Å². The van der Waals surface area contributed by atoms with Gasteiger partial charge in [0.25, 0.3) is 0 Å². The third-order valence-corrected chi connectivity index (χ3v) is 11.4. The highest BCUT2D eigenvalue weighted by molar-refractivity contribution is 5.87. The second-order valence-corrected chi connectivity index (χ2v) is 16.1. The summed E-state index contributed by atoms with van der Waals surface area (Å²) >= 11 is 0. The van der Waals surface area contributed by atoms with Crippen LogP contribution in [0.4, 0.5) is 0 Å². The number of nitrogens with one attached hydrogen (secondary N) is 1. The summed E-state index contributed by atoms with van der Waals surface area (Å²) in [5.74, 6) is -3.36. The number of rotatable bonds is 14. The van der Waals surface area contributed by atoms with E-state index in [-0.39, 0.29) is 18.4 Å². The van der Waals surface area contributed by atoms with Crippen LogP contribution in [0.1, 0.15) is 94.5 Å². The van der Waals surface area contributed by atoms with E-state index in [0.29, 0.717) is 44.3 Å². The highest BCUT2D eigenvalue weighted by Gasteiger charge is 2.72. The molecule has 3 fully saturated rings. The number of likely N-dealkylation sites (tertiary alicyclic amines) is 1. The lowest BCUT2D eigenvalue weighted by atomic mass is 9.70. The van der Waals surface area contributed by atoms with Gasteiger partial charge in [0.2, 0.25) is 17.6 Å². The number of hydrogen-bond donors (Lipinski definition) is 2. The zero-order valence-electron chi connectivity index (χ0n) is 33.2. The van der Waals surface area contributed by atoms with Crippen LogP contribution in [0.25, 0.3) is 0 Å². The van der Waals surface area contributed by atoms with E-state index in [4.69, 9.17) is 18.9 Å². The fourth-order valence-electron chi connectivity index (χ4n) is 8.23. The van der Waals surface area contributed by atoms with Crippen LogP contribution in [0.15, 0.2) is 42.5 Å². The number of hydrogen-bond acceptors (Lipinski definition) is 10. The number of fused-ring (bicyclic) bond motifs is 2. The summed E-state index contributed by atoms with van der Waals surface area (Å²) in [7, 11) is 3.93. The molecule has 0 saturated carbocycles. The van der Waals surface area contributed by atoms with Crippen molar-refractivity contribution in [3.63, 3.8) is 0 Å². The fraction of sp³-hybridized carbons (Fsp3) is 0.619. The highest BCUT2D eigenvalue weighted by atomic mass is 16.8. The fourth-order valence-corrected chi connectivity index (χ4v) is 8.23. The Balaban J connectivity index is 1.28. The normalized spacial score (nSPS) is 26.7. The summed E-state index contributed by atoms with van der Waals surface area (Å²) in [5, 5.41) is 14.4. The van der Waals surface area contributed by atoms with Crippen LogP contribution in [0.2, 0.25) is 0 Å². The molecule has 3 aliphatic heterocycles. The minimum absolute atomic E-state index is 0.00549. The van der Waals surface area contributed by atoms with Gasteiger partial charge in [-0.1, -0.05) is 43.3 Å². The average Bonchev–Trinajstić information content (AvgIpc) is 3.50. The Morgan fingerprint density at radius 1 is 1.02 bits per heavy atom. The maximum absolute atomic E-state index is 13.2. The third kappa shape index (κ3) is 8.83. The van der Waals surface area contributed by atoms with Crippen LogP contribution in [0.3, 0.4) is 0 Å². The molecule has 2 bridgehead atoms. The van der Waals surface area contributed by atoms with Gasteiger partial charge in [0, 0.05) is 51.4 Å². The Hall–Kier alpha value is -3.84. The molecule has 5 rings (SSSR count). The zero-order chi connectivity index (χ0) is 39.4. The summed E-state index contributed by atoms with van der Waals surface area (Å²) < 4.78 is 24.9. The van der Waals surface area contributed by atoms with Crippen LogP contribution < -0.4 is 5.32 Å². The van der Waals surface area contributed by atoms with Crippen LogP contribution in [0.5, 0.6) is 0 Å². The summed E-state index contributed by atoms with van der Waals surface area (Å²) in [6.07, 6.45) is 2.92. The van der Waals surface area contributed by atoms with Crippen molar-refractivity contribution < 1.29 is 43.2 Å². The average molecular weight is 750 g/mol. The molecule has 54 heavy (non-hydrogen) atoms. The standard InChI is InChI=1S/C42H59N3O9/c1-27-15-20-34(42-38(53-30(4)47)37(52-29(3)46)28(2)41(54-42,26-51-42)40(5,6)50)25-33(27)24-32-18-16-31(17-19-32)12-11-14-36(48)45-22-10-9-13-35(45)39(49)43-21-23-44(7)8/h15-20,25,28,35,37-38,50H,9-14,21-24,26H2,1-8H3,(H,43,49)/t28-,35-,37-,38+,41-,42-/m0/s1. The smallest absolute Gasteiger partial charge is 0.303 e. The molecule has 2 aromatic rings. The monoisotopic (exact) mass is 749 g/mol. The number of benzene rings is 2. The van der Waals surface area contributed by atoms with Crippen molar-refractivity contribution in [1.29, 1.82) is 0 Å². The molecule has 2 N–H and O–H groups in total. The van der Waals surface area contributed by atoms with Crippen molar-refractivity contribution >= 4 is 23.8 Å². The lowest BCUT2D eigenvalue weighted by Gasteiger charge is -2.53. The van der Waals surface area contributed by atoms with Crippen molar-refractivity contribution in [2.75, 3.05) is 40.3 Å². The topological polar surface area (TPSA) is 144 Å². The number of aryl methyl sites for hydroxylation is 2. The largest absolute Gasteiger partial charge is 0.458 e. The van der Waals surface area contributed by atoms with E-state index in [2.05, 4.69) is 29.6 Å². The maximum Gasteiger partial charge on any atom is 0.303 e. The molecule has 3 aliphatic rings. The van der Waals surface area contributed by atoms with Gasteiger partial charge in [-0.05, 0) is 102 Å². The van der Waals surface area contributed by atoms with Gasteiger partial charge in [-0.2, -0.15) is 0 Å². The Bertz CT molecular complexity index is 1670. The first-order valence-corrected chi connectivity index (χ1v) is 19.3. The van der Waals surface area contributed by atoms with E-state index in [0.717, 1.165) is 48.1 Å². The van der Waals surface area contributed by atoms with Crippen LogP contribution in [-0.4, -0.2) is 108 Å². The van der Waals surface area contributed by atoms with Crippen molar-refractivity contribution in [2.45, 2.75) is 122 Å². The first-order valence-electron chi connectivity index (χ1n) is 19.3. The highest BCUT2D eigenvalue weighted by Crippen LogP contribution is 2.57. The van der Waals surface area contributed by atoms with E-state index in [1.807, 2.05) is 51.0 Å². The van der Waals surface area contributed by atoms with Crippen molar-refractivity contribution in [3.05, 3.63) is 70.3 Å². The minimum atomic E-state index is -1.63. The number of carbonyl (C=O) groups is 4. The van der Waals surface area contributed by atoms with E-state index in [1.54, 1.807) is 18.7 Å². The molecule has 2 amide bonds. The summed E-state index contributed by atoms with van der Waals surface area (Å²) in [4.78, 5) is 54.7. The number of amides is 2. The molecule has 2 aromatic carbocycles. The van der Waals surface area contributed by atoms with Gasteiger partial charge in [-0.15, -0.1) is 0 Å². The van der Waals surface area contributed by atoms with Gasteiger partial charge in [0.1, 0.15) is 17.7 Å². The van der Waals surface area contributed by atoms with E-state index in [1.165, 1.54) is 13.8 Å². The van der Waals surface area contributed by atoms with Gasteiger partial charge in [0.05, 0.1) is 12.2 Å². The maximum atomic E-state index is 13.2. The van der Waals surface area contributed by atoms with Gasteiger partial charge >= 0.3 is 11.9 Å². The lowest BCUT2D eigenvalue weighted by molar-refractivity contribution is -0.339. The van der Waals surface area contributed by atoms with Crippen LogP contribution in [-0.2, 0) is 56.8 Å². The van der Waals surface area contributed by atoms with Gasteiger partial charge < -0.3 is 39.2 Å². The van der Waals surface area contributed by atoms with E-state index < -0.39 is 53.1 Å². The number of piperidine rings is 1. The molecule has 296 valence electrons. The third-order valence-electron chi connectivity index (χ3n) is 11.4. The molecule has 6 atom stereocenters. The van der Waals surface area contributed by atoms with E-state index in [9.17, 15) is 24.3 Å². The van der Waals surface area contributed by atoms with Gasteiger partial charge in [-0.3, -0.25) is 19.2 Å². The molecule has 0 spiro atoms. The lowest BCUT2D eigenvalue weighted by Crippen LogP contribution is -2.68. The van der Waals surface area contributed by atoms with Crippen molar-refractivity contribution in [1.82, 2.24) is 15.1 Å². The van der Waals surface area contributed by atoms with Crippen LogP contribution >= 0.6 is 0 Å². The molecule has 3 heterocycles. The SMILES string of the molecule is CC(=O)O[C@@H]1[C@@H](OC(C)=O)[C@@]2(c3ccc(C)c(Cc4ccc(CCCC(=O)N5CCCC[C@H]5C(=O)NCCN(C)C)cc4)c3)OC[C@](C(C)(C)O)(O2)[C@H]1C. The predicted molar refractivity (Wildman–Crippen MR) is 202 cm³/mol. The first-order chi connectivity index (χ1) is 25.5. The molecule has 3 saturated heterocycles. The quantitative estimate of drug-likeness (QED) is 0.270. The zero-order valence-corrected chi connectivity index (χ0v) is 33.2. The molecule has 0 unspecified atom stereocenters. The number of esters is 2. The number of aliphatic hydroxyl groups is 1. The van der Waals surface area contributed by atoms with Crippen LogP contribution in [0, 0.1) is 12.8 Å². The Morgan fingerprint density at radius 3 is 2.35 bits per heavy atom. The number of carbonyl (C=O) groups excluding carboxylic acids is 4. The molecular formula is C42H59N3O9. The van der Waals surface area contributed by atoms with Crippen molar-refractivity contribution in [3.8, 4) is 0 Å². The second-order valence-electron chi connectivity index (χ2n) is 16.1. The molecule has 0 aliphatic carbocycles. The summed E-state index contributed by atoms with van der Waals surface area (Å²) in [6, 6.07) is 13.8. The van der Waals surface area contributed by atoms with Crippen molar-refractivity contribution in [2.24, 2.45) is 5.92 Å². The van der Waals surface area contributed by atoms with Gasteiger partial charge in [-0.25, -0.2) is 0 Å². The summed E-state index contributed by atoms with van der Waals surface area (Å²) in [6.45, 7) is 11.6. The number of ether oxygens (including phenoxy) is 4. The molecule has 12 heteroatoms. The second kappa shape index (κ2) is 16.9. The molecule has 0 aromatic heterocycles. The number of likely N-dealkylation sites (N-methyl/N-ethyl adjacent to an activating group) is 1. The number of nitrogens with zero attached hydrogens (tertiary/aromatic N) is 2. The Labute approximate surface area is 319 Å².